The summed E-state index contributed by atoms with van der Waals surface area (Å²) in [6, 6.07) is 2.23. The van der Waals surface area contributed by atoms with Crippen LogP contribution in [0.4, 0.5) is 0 Å². The lowest BCUT2D eigenvalue weighted by Crippen LogP contribution is -2.20. The molecule has 150 valence electrons. The molecule has 0 aliphatic rings. The molecule has 0 saturated carbocycles. The van der Waals surface area contributed by atoms with Gasteiger partial charge >= 0.3 is 5.97 Å². The molecule has 0 aromatic rings. The van der Waals surface area contributed by atoms with Gasteiger partial charge < -0.3 is 5.11 Å². The summed E-state index contributed by atoms with van der Waals surface area (Å²) in [5.41, 5.74) is 0. The van der Waals surface area contributed by atoms with E-state index in [0.717, 1.165) is 9.95 Å². The van der Waals surface area contributed by atoms with Crippen molar-refractivity contribution in [1.29, 1.82) is 5.26 Å². The van der Waals surface area contributed by atoms with Crippen LogP contribution in [0.3, 0.4) is 0 Å². The molecule has 0 spiro atoms. The molecular formula is C20H35NO2S3. The number of nitriles is 1. The van der Waals surface area contributed by atoms with E-state index in [9.17, 15) is 10.1 Å². The first-order valence-corrected chi connectivity index (χ1v) is 12.2. The minimum Gasteiger partial charge on any atom is -0.481 e. The fourth-order valence-corrected chi connectivity index (χ4v) is 4.80. The molecule has 1 unspecified atom stereocenters. The third-order valence-electron chi connectivity index (χ3n) is 4.32. The highest BCUT2D eigenvalue weighted by Gasteiger charge is 2.25. The third kappa shape index (κ3) is 16.0. The smallest absolute Gasteiger partial charge is 0.303 e. The Labute approximate surface area is 174 Å². The van der Waals surface area contributed by atoms with Gasteiger partial charge in [0.05, 0.1) is 10.3 Å². The average Bonchev–Trinajstić information content (AvgIpc) is 2.62. The summed E-state index contributed by atoms with van der Waals surface area (Å²) >= 11 is 8.58. The van der Waals surface area contributed by atoms with Crippen molar-refractivity contribution in [2.24, 2.45) is 0 Å². The van der Waals surface area contributed by atoms with Crippen LogP contribution >= 0.6 is 35.7 Å². The highest BCUT2D eigenvalue weighted by Crippen LogP contribution is 2.31. The Kier molecular flexibility index (Phi) is 16.7. The zero-order chi connectivity index (χ0) is 19.7. The standard InChI is InChI=1S/C20H35NO2S3/c1-3-4-5-6-7-8-9-10-11-12-15-25-19(24)16-26-20(2,17-21)14-13-18(22)23/h3-16H2,1-2H3,(H,22,23). The monoisotopic (exact) mass is 417 g/mol. The van der Waals surface area contributed by atoms with Gasteiger partial charge in [0.15, 0.2) is 0 Å². The second-order valence-electron chi connectivity index (χ2n) is 6.93. The Balaban J connectivity index is 3.59. The number of carboxylic acid groups (broad SMARTS) is 1. The van der Waals surface area contributed by atoms with Crippen LogP contribution in [-0.4, -0.2) is 31.5 Å². The molecule has 0 heterocycles. The van der Waals surface area contributed by atoms with Crippen LogP contribution < -0.4 is 0 Å². The Morgan fingerprint density at radius 3 is 2.12 bits per heavy atom. The Hall–Kier alpha value is -0.250. The third-order valence-corrected chi connectivity index (χ3v) is 7.51. The maximum absolute atomic E-state index is 10.7. The minimum absolute atomic E-state index is 0.0234. The van der Waals surface area contributed by atoms with Crippen LogP contribution in [0.15, 0.2) is 0 Å². The van der Waals surface area contributed by atoms with Gasteiger partial charge in [-0.2, -0.15) is 5.26 Å². The van der Waals surface area contributed by atoms with Crippen LogP contribution in [0.25, 0.3) is 0 Å². The largest absolute Gasteiger partial charge is 0.481 e. The maximum Gasteiger partial charge on any atom is 0.303 e. The van der Waals surface area contributed by atoms with Crippen molar-refractivity contribution in [2.75, 3.05) is 11.5 Å². The number of carboxylic acids is 1. The zero-order valence-corrected chi connectivity index (χ0v) is 18.9. The Morgan fingerprint density at radius 1 is 1.08 bits per heavy atom. The first-order valence-electron chi connectivity index (χ1n) is 9.86. The SMILES string of the molecule is CCCCCCCCCCCCSC(=S)CSC(C)(C#N)CCC(=O)O. The minimum atomic E-state index is -0.856. The van der Waals surface area contributed by atoms with Crippen molar-refractivity contribution < 1.29 is 9.90 Å². The lowest BCUT2D eigenvalue weighted by atomic mass is 10.1. The topological polar surface area (TPSA) is 61.1 Å². The van der Waals surface area contributed by atoms with Crippen LogP contribution in [0.5, 0.6) is 0 Å². The molecule has 0 aromatic carbocycles. The lowest BCUT2D eigenvalue weighted by molar-refractivity contribution is -0.137. The van der Waals surface area contributed by atoms with Gasteiger partial charge in [0.1, 0.15) is 4.75 Å². The van der Waals surface area contributed by atoms with E-state index >= 15 is 0 Å². The molecule has 26 heavy (non-hydrogen) atoms. The highest BCUT2D eigenvalue weighted by molar-refractivity contribution is 8.24. The van der Waals surface area contributed by atoms with E-state index < -0.39 is 10.7 Å². The molecular weight excluding hydrogens is 382 g/mol. The van der Waals surface area contributed by atoms with Crippen molar-refractivity contribution in [1.82, 2.24) is 0 Å². The zero-order valence-electron chi connectivity index (χ0n) is 16.4. The molecule has 0 fully saturated rings. The number of carbonyl (C=O) groups is 1. The number of hydrogen-bond acceptors (Lipinski definition) is 5. The van der Waals surface area contributed by atoms with Crippen LogP contribution in [0.1, 0.15) is 90.9 Å². The lowest BCUT2D eigenvalue weighted by Gasteiger charge is -2.19. The average molecular weight is 418 g/mol. The first kappa shape index (κ1) is 25.8. The van der Waals surface area contributed by atoms with E-state index in [0.29, 0.717) is 12.2 Å². The highest BCUT2D eigenvalue weighted by atomic mass is 32.2. The maximum atomic E-state index is 10.7. The summed E-state index contributed by atoms with van der Waals surface area (Å²) in [6.45, 7) is 4.06. The molecule has 0 aromatic heterocycles. The van der Waals surface area contributed by atoms with Crippen molar-refractivity contribution in [2.45, 2.75) is 95.6 Å². The van der Waals surface area contributed by atoms with Crippen molar-refractivity contribution in [3.05, 3.63) is 0 Å². The van der Waals surface area contributed by atoms with E-state index in [1.54, 1.807) is 18.7 Å². The Morgan fingerprint density at radius 2 is 1.62 bits per heavy atom. The van der Waals surface area contributed by atoms with Crippen LogP contribution in [0, 0.1) is 11.3 Å². The number of rotatable bonds is 17. The summed E-state index contributed by atoms with van der Waals surface area (Å²) in [7, 11) is 0. The van der Waals surface area contributed by atoms with Crippen molar-refractivity contribution in [3.63, 3.8) is 0 Å². The summed E-state index contributed by atoms with van der Waals surface area (Å²) in [6.07, 6.45) is 13.7. The summed E-state index contributed by atoms with van der Waals surface area (Å²) in [5, 5.41) is 18.0. The quantitative estimate of drug-likeness (QED) is 0.206. The summed E-state index contributed by atoms with van der Waals surface area (Å²) in [5.74, 6) is 0.834. The van der Waals surface area contributed by atoms with E-state index in [1.165, 1.54) is 76.0 Å². The van der Waals surface area contributed by atoms with Gasteiger partial charge in [-0.05, 0) is 25.5 Å². The number of unbranched alkanes of at least 4 members (excludes halogenated alkanes) is 9. The van der Waals surface area contributed by atoms with Gasteiger partial charge in [-0.1, -0.05) is 76.9 Å². The van der Waals surface area contributed by atoms with Gasteiger partial charge in [-0.15, -0.1) is 23.5 Å². The summed E-state index contributed by atoms with van der Waals surface area (Å²) in [4.78, 5) is 10.7. The molecule has 1 N–H and O–H groups in total. The van der Waals surface area contributed by atoms with Crippen molar-refractivity contribution >= 4 is 45.9 Å². The first-order chi connectivity index (χ1) is 12.4. The fraction of sp³-hybridized carbons (Fsp3) is 0.850. The van der Waals surface area contributed by atoms with E-state index in [-0.39, 0.29) is 6.42 Å². The number of nitrogens with zero attached hydrogens (tertiary/aromatic N) is 1. The Bertz CT molecular complexity index is 437. The summed E-state index contributed by atoms with van der Waals surface area (Å²) < 4.78 is 0.253. The number of hydrogen-bond donors (Lipinski definition) is 1. The van der Waals surface area contributed by atoms with Crippen LogP contribution in [0.2, 0.25) is 0 Å². The predicted octanol–water partition coefficient (Wildman–Crippen LogP) is 6.85. The van der Waals surface area contributed by atoms with E-state index in [4.69, 9.17) is 17.3 Å². The number of aliphatic carboxylic acids is 1. The van der Waals surface area contributed by atoms with Gasteiger partial charge in [-0.25, -0.2) is 0 Å². The fourth-order valence-electron chi connectivity index (χ4n) is 2.54. The molecule has 0 aliphatic carbocycles. The van der Waals surface area contributed by atoms with Gasteiger partial charge in [-0.3, -0.25) is 4.79 Å². The normalized spacial score (nSPS) is 13.1. The van der Waals surface area contributed by atoms with Gasteiger partial charge in [0, 0.05) is 12.2 Å². The molecule has 0 bridgehead atoms. The number of thioether (sulfide) groups is 2. The molecule has 0 amide bonds. The molecule has 1 atom stereocenters. The predicted molar refractivity (Wildman–Crippen MR) is 120 cm³/mol. The van der Waals surface area contributed by atoms with E-state index in [1.807, 2.05) is 0 Å². The van der Waals surface area contributed by atoms with Crippen LogP contribution in [-0.2, 0) is 4.79 Å². The van der Waals surface area contributed by atoms with Gasteiger partial charge in [0.2, 0.25) is 0 Å². The number of thiocarbonyl (C=S) groups is 1. The molecule has 0 aliphatic heterocycles. The van der Waals surface area contributed by atoms with Gasteiger partial charge in [0.25, 0.3) is 0 Å². The van der Waals surface area contributed by atoms with E-state index in [2.05, 4.69) is 13.0 Å². The molecule has 0 saturated heterocycles. The molecule has 3 nitrogen and oxygen atoms in total. The molecule has 0 radical (unpaired) electrons. The van der Waals surface area contributed by atoms with Crippen molar-refractivity contribution in [3.8, 4) is 6.07 Å². The second kappa shape index (κ2) is 16.9. The molecule has 0 rings (SSSR count). The molecule has 6 heteroatoms. The second-order valence-corrected chi connectivity index (χ2v) is 10.3.